The van der Waals surface area contributed by atoms with E-state index in [0.29, 0.717) is 5.65 Å². The number of halogens is 1. The smallest absolute Gasteiger partial charge is 0.185 e. The van der Waals surface area contributed by atoms with Gasteiger partial charge in [-0.05, 0) is 29.8 Å². The molecule has 0 N–H and O–H groups in total. The molecule has 4 aromatic rings. The van der Waals surface area contributed by atoms with E-state index in [-0.39, 0.29) is 5.82 Å². The fourth-order valence-electron chi connectivity index (χ4n) is 2.35. The van der Waals surface area contributed by atoms with Crippen LogP contribution in [0.5, 0.6) is 0 Å². The molecule has 0 aliphatic rings. The van der Waals surface area contributed by atoms with E-state index in [1.165, 1.54) is 12.1 Å². The predicted octanol–water partition coefficient (Wildman–Crippen LogP) is 4.22. The number of benzene rings is 2. The molecule has 24 heavy (non-hydrogen) atoms. The van der Waals surface area contributed by atoms with E-state index in [0.717, 1.165) is 27.7 Å². The molecular weight excluding hydrogens is 323 g/mol. The Morgan fingerprint density at radius 1 is 0.875 bits per heavy atom. The van der Waals surface area contributed by atoms with E-state index in [9.17, 15) is 4.39 Å². The number of fused-ring (bicyclic) bond motifs is 1. The second kappa shape index (κ2) is 6.41. The van der Waals surface area contributed by atoms with Crippen molar-refractivity contribution in [3.63, 3.8) is 0 Å². The van der Waals surface area contributed by atoms with Gasteiger partial charge >= 0.3 is 0 Å². The lowest BCUT2D eigenvalue weighted by molar-refractivity contribution is 0.627. The van der Waals surface area contributed by atoms with Crippen molar-refractivity contribution in [3.05, 3.63) is 78.1 Å². The topological polar surface area (TPSA) is 43.1 Å². The Bertz CT molecular complexity index is 967. The first kappa shape index (κ1) is 14.8. The van der Waals surface area contributed by atoms with Crippen LogP contribution in [0.15, 0.2) is 71.8 Å². The Hall–Kier alpha value is -2.73. The zero-order valence-electron chi connectivity index (χ0n) is 12.6. The molecule has 0 spiro atoms. The van der Waals surface area contributed by atoms with Crippen molar-refractivity contribution in [1.29, 1.82) is 0 Å². The van der Waals surface area contributed by atoms with E-state index in [1.54, 1.807) is 28.4 Å². The first-order valence-electron chi connectivity index (χ1n) is 7.45. The number of hydrogen-bond donors (Lipinski definition) is 0. The molecule has 0 saturated carbocycles. The summed E-state index contributed by atoms with van der Waals surface area (Å²) in [6, 6.07) is 20.2. The molecule has 0 bridgehead atoms. The average molecular weight is 336 g/mol. The second-order valence-corrected chi connectivity index (χ2v) is 6.24. The number of thioether (sulfide) groups is 1. The largest absolute Gasteiger partial charge is 0.207 e. The zero-order valence-corrected chi connectivity index (χ0v) is 13.4. The number of rotatable bonds is 4. The lowest BCUT2D eigenvalue weighted by Crippen LogP contribution is -1.96. The summed E-state index contributed by atoms with van der Waals surface area (Å²) in [7, 11) is 0. The van der Waals surface area contributed by atoms with Gasteiger partial charge in [-0.3, -0.25) is 0 Å². The molecule has 0 radical (unpaired) electrons. The van der Waals surface area contributed by atoms with Gasteiger partial charge in [-0.2, -0.15) is 9.61 Å². The maximum Gasteiger partial charge on any atom is 0.185 e. The highest BCUT2D eigenvalue weighted by Gasteiger charge is 2.10. The summed E-state index contributed by atoms with van der Waals surface area (Å²) in [5.74, 6) is 1.22. The van der Waals surface area contributed by atoms with Crippen LogP contribution in [-0.2, 0) is 5.75 Å². The molecule has 0 fully saturated rings. The molecule has 0 aliphatic carbocycles. The highest BCUT2D eigenvalue weighted by atomic mass is 32.2. The second-order valence-electron chi connectivity index (χ2n) is 5.25. The van der Waals surface area contributed by atoms with Crippen LogP contribution < -0.4 is 0 Å². The Balaban J connectivity index is 1.61. The molecule has 6 heteroatoms. The summed E-state index contributed by atoms with van der Waals surface area (Å²) in [6.45, 7) is 0. The molecule has 0 aliphatic heterocycles. The minimum Gasteiger partial charge on any atom is -0.207 e. The molecular formula is C18H13FN4S. The minimum atomic E-state index is -0.222. The Morgan fingerprint density at radius 3 is 2.46 bits per heavy atom. The number of nitrogens with zero attached hydrogens (tertiary/aromatic N) is 4. The van der Waals surface area contributed by atoms with Crippen LogP contribution in [-0.4, -0.2) is 19.8 Å². The third kappa shape index (κ3) is 3.00. The van der Waals surface area contributed by atoms with Gasteiger partial charge in [0.05, 0.1) is 0 Å². The highest BCUT2D eigenvalue weighted by molar-refractivity contribution is 7.98. The van der Waals surface area contributed by atoms with Gasteiger partial charge in [0, 0.05) is 11.3 Å². The van der Waals surface area contributed by atoms with E-state index in [2.05, 4.69) is 15.3 Å². The predicted molar refractivity (Wildman–Crippen MR) is 92.2 cm³/mol. The van der Waals surface area contributed by atoms with Crippen molar-refractivity contribution < 1.29 is 4.39 Å². The van der Waals surface area contributed by atoms with Gasteiger partial charge < -0.3 is 0 Å². The van der Waals surface area contributed by atoms with E-state index < -0.39 is 0 Å². The van der Waals surface area contributed by atoms with E-state index >= 15 is 0 Å². The monoisotopic (exact) mass is 336 g/mol. The quantitative estimate of drug-likeness (QED) is 0.523. The number of hydrogen-bond acceptors (Lipinski definition) is 4. The zero-order chi connectivity index (χ0) is 16.4. The fraction of sp³-hybridized carbons (Fsp3) is 0.0556. The van der Waals surface area contributed by atoms with Gasteiger partial charge in [0.25, 0.3) is 0 Å². The van der Waals surface area contributed by atoms with Gasteiger partial charge in [0.15, 0.2) is 11.5 Å². The lowest BCUT2D eigenvalue weighted by atomic mass is 10.2. The van der Waals surface area contributed by atoms with Crippen LogP contribution in [0.4, 0.5) is 4.39 Å². The van der Waals surface area contributed by atoms with Crippen molar-refractivity contribution >= 4 is 17.4 Å². The summed E-state index contributed by atoms with van der Waals surface area (Å²) < 4.78 is 14.7. The highest BCUT2D eigenvalue weighted by Crippen LogP contribution is 2.23. The summed E-state index contributed by atoms with van der Waals surface area (Å²) >= 11 is 1.59. The maximum atomic E-state index is 13.0. The third-order valence-corrected chi connectivity index (χ3v) is 4.56. The Labute approximate surface area is 142 Å². The molecule has 0 saturated heterocycles. The normalized spacial score (nSPS) is 11.0. The van der Waals surface area contributed by atoms with Gasteiger partial charge in [-0.15, -0.1) is 10.2 Å². The summed E-state index contributed by atoms with van der Waals surface area (Å²) in [5.41, 5.74) is 2.73. The molecule has 0 unspecified atom stereocenters. The fourth-order valence-corrected chi connectivity index (χ4v) is 3.16. The van der Waals surface area contributed by atoms with Gasteiger partial charge in [-0.1, -0.05) is 54.2 Å². The molecule has 4 nitrogen and oxygen atoms in total. The minimum absolute atomic E-state index is 0.222. The van der Waals surface area contributed by atoms with E-state index in [1.807, 2.05) is 42.5 Å². The van der Waals surface area contributed by atoms with Gasteiger partial charge in [0.1, 0.15) is 10.8 Å². The number of aromatic nitrogens is 4. The summed E-state index contributed by atoms with van der Waals surface area (Å²) in [6.07, 6.45) is 0. The molecule has 2 heterocycles. The van der Waals surface area contributed by atoms with E-state index in [4.69, 9.17) is 0 Å². The third-order valence-electron chi connectivity index (χ3n) is 3.57. The van der Waals surface area contributed by atoms with Crippen molar-refractivity contribution in [2.24, 2.45) is 0 Å². The Morgan fingerprint density at radius 2 is 1.67 bits per heavy atom. The molecule has 0 atom stereocenters. The average Bonchev–Trinajstić information content (AvgIpc) is 3.05. The first-order valence-corrected chi connectivity index (χ1v) is 8.43. The molecule has 2 aromatic heterocycles. The van der Waals surface area contributed by atoms with Gasteiger partial charge in [-0.25, -0.2) is 4.39 Å². The molecule has 4 rings (SSSR count). The molecule has 2 aromatic carbocycles. The first-order chi connectivity index (χ1) is 11.8. The Kier molecular flexibility index (Phi) is 3.96. The molecule has 118 valence electrons. The van der Waals surface area contributed by atoms with Crippen molar-refractivity contribution in [2.45, 2.75) is 10.8 Å². The maximum absolute atomic E-state index is 13.0. The SMILES string of the molecule is Fc1ccc(CSc2ccc3nnc(-c4ccccc4)n3n2)cc1. The van der Waals surface area contributed by atoms with Crippen LogP contribution in [0.25, 0.3) is 17.0 Å². The van der Waals surface area contributed by atoms with Crippen molar-refractivity contribution in [2.75, 3.05) is 0 Å². The molecule has 0 amide bonds. The van der Waals surface area contributed by atoms with Crippen LogP contribution in [0.3, 0.4) is 0 Å². The van der Waals surface area contributed by atoms with Crippen LogP contribution in [0.2, 0.25) is 0 Å². The van der Waals surface area contributed by atoms with Crippen molar-refractivity contribution in [3.8, 4) is 11.4 Å². The van der Waals surface area contributed by atoms with Crippen LogP contribution in [0.1, 0.15) is 5.56 Å². The lowest BCUT2D eigenvalue weighted by Gasteiger charge is -2.03. The standard InChI is InChI=1S/C18H13FN4S/c19-15-8-6-13(7-9-15)12-24-17-11-10-16-20-21-18(23(16)22-17)14-4-2-1-3-5-14/h1-11H,12H2. The summed E-state index contributed by atoms with van der Waals surface area (Å²) in [5, 5.41) is 13.9. The summed E-state index contributed by atoms with van der Waals surface area (Å²) in [4.78, 5) is 0. The van der Waals surface area contributed by atoms with Crippen LogP contribution >= 0.6 is 11.8 Å². The van der Waals surface area contributed by atoms with Crippen LogP contribution in [0, 0.1) is 5.82 Å². The van der Waals surface area contributed by atoms with Crippen molar-refractivity contribution in [1.82, 2.24) is 19.8 Å². The van der Waals surface area contributed by atoms with Gasteiger partial charge in [0.2, 0.25) is 0 Å².